The smallest absolute Gasteiger partial charge is 0.258 e. The summed E-state index contributed by atoms with van der Waals surface area (Å²) in [6, 6.07) is 4.03. The van der Waals surface area contributed by atoms with Gasteiger partial charge in [-0.2, -0.15) is 0 Å². The van der Waals surface area contributed by atoms with E-state index < -0.39 is 5.82 Å². The summed E-state index contributed by atoms with van der Waals surface area (Å²) < 4.78 is 20.4. The number of nitrogens with zero attached hydrogens (tertiary/aromatic N) is 5. The van der Waals surface area contributed by atoms with Gasteiger partial charge in [-0.25, -0.2) is 14.4 Å². The summed E-state index contributed by atoms with van der Waals surface area (Å²) in [4.78, 5) is 28.7. The van der Waals surface area contributed by atoms with Gasteiger partial charge in [0.25, 0.3) is 5.91 Å². The molecule has 2 aliphatic heterocycles. The first-order valence-corrected chi connectivity index (χ1v) is 12.8. The minimum Gasteiger partial charge on any atom is -0.451 e. The molecule has 1 aromatic heterocycles. The van der Waals surface area contributed by atoms with Crippen LogP contribution in [0.5, 0.6) is 11.5 Å². The van der Waals surface area contributed by atoms with Gasteiger partial charge in [0.05, 0.1) is 11.8 Å². The van der Waals surface area contributed by atoms with Crippen molar-refractivity contribution >= 4 is 11.7 Å². The standard InChI is InChI=1S/C27H36FN5O2/c1-18(2)33(19(3)4)26(34)22-11-21(28)7-8-23(22)35-24-12-29-17-30-25(24)32-15-27(16-32)9-10-31(14-27)13-20-5-6-20/h7-8,11-12,17-20H,5-6,9-10,13-16H2,1-4H3. The molecule has 0 atom stereocenters. The van der Waals surface area contributed by atoms with Gasteiger partial charge in [-0.15, -0.1) is 0 Å². The predicted octanol–water partition coefficient (Wildman–Crippen LogP) is 4.59. The highest BCUT2D eigenvalue weighted by atomic mass is 19.1. The third-order valence-electron chi connectivity index (χ3n) is 7.48. The van der Waals surface area contributed by atoms with Crippen LogP contribution < -0.4 is 9.64 Å². The van der Waals surface area contributed by atoms with Gasteiger partial charge in [0.1, 0.15) is 17.9 Å². The van der Waals surface area contributed by atoms with Crippen molar-refractivity contribution in [1.29, 1.82) is 0 Å². The molecule has 3 heterocycles. The fourth-order valence-electron chi connectivity index (χ4n) is 5.72. The number of carbonyl (C=O) groups excluding carboxylic acids is 1. The number of aromatic nitrogens is 2. The molecule has 0 radical (unpaired) electrons. The minimum atomic E-state index is -0.473. The normalized spacial score (nSPS) is 19.5. The highest BCUT2D eigenvalue weighted by Gasteiger charge is 2.49. The Kier molecular flexibility index (Phi) is 6.42. The Balaban J connectivity index is 1.34. The van der Waals surface area contributed by atoms with Gasteiger partial charge in [-0.3, -0.25) is 4.79 Å². The summed E-state index contributed by atoms with van der Waals surface area (Å²) in [5.74, 6) is 1.70. The van der Waals surface area contributed by atoms with E-state index in [-0.39, 0.29) is 23.6 Å². The Labute approximate surface area is 207 Å². The maximum Gasteiger partial charge on any atom is 0.258 e. The fraction of sp³-hybridized carbons (Fsp3) is 0.593. The Morgan fingerprint density at radius 1 is 1.17 bits per heavy atom. The van der Waals surface area contributed by atoms with Crippen LogP contribution in [-0.2, 0) is 0 Å². The first-order valence-electron chi connectivity index (χ1n) is 12.8. The van der Waals surface area contributed by atoms with E-state index in [1.807, 2.05) is 27.7 Å². The fourth-order valence-corrected chi connectivity index (χ4v) is 5.72. The average Bonchev–Trinajstić information content (AvgIpc) is 3.49. The lowest BCUT2D eigenvalue weighted by molar-refractivity contribution is 0.0640. The van der Waals surface area contributed by atoms with Crippen LogP contribution in [0, 0.1) is 17.2 Å². The van der Waals surface area contributed by atoms with Crippen molar-refractivity contribution in [2.24, 2.45) is 11.3 Å². The molecule has 0 N–H and O–H groups in total. The summed E-state index contributed by atoms with van der Waals surface area (Å²) >= 11 is 0. The number of benzene rings is 1. The second kappa shape index (κ2) is 9.37. The zero-order valence-corrected chi connectivity index (χ0v) is 21.2. The summed E-state index contributed by atoms with van der Waals surface area (Å²) in [6.07, 6.45) is 7.14. The first kappa shape index (κ1) is 24.0. The number of hydrogen-bond acceptors (Lipinski definition) is 6. The zero-order chi connectivity index (χ0) is 24.7. The van der Waals surface area contributed by atoms with E-state index in [0.29, 0.717) is 16.9 Å². The molecule has 1 aliphatic carbocycles. The molecular formula is C27H36FN5O2. The van der Waals surface area contributed by atoms with Crippen LogP contribution in [0.15, 0.2) is 30.7 Å². The lowest BCUT2D eigenvalue weighted by Crippen LogP contribution is -2.58. The second-order valence-corrected chi connectivity index (χ2v) is 11.1. The lowest BCUT2D eigenvalue weighted by Gasteiger charge is -2.49. The zero-order valence-electron chi connectivity index (χ0n) is 21.2. The van der Waals surface area contributed by atoms with Crippen LogP contribution in [0.2, 0.25) is 0 Å². The Bertz CT molecular complexity index is 1070. The van der Waals surface area contributed by atoms with E-state index in [2.05, 4.69) is 19.8 Å². The van der Waals surface area contributed by atoms with Gasteiger partial charge in [-0.05, 0) is 77.6 Å². The molecule has 5 rings (SSSR count). The molecule has 1 aromatic carbocycles. The van der Waals surface area contributed by atoms with Crippen molar-refractivity contribution in [2.45, 2.75) is 59.0 Å². The first-order chi connectivity index (χ1) is 16.7. The summed E-state index contributed by atoms with van der Waals surface area (Å²) in [6.45, 7) is 13.3. The number of anilines is 1. The maximum atomic E-state index is 14.2. The third-order valence-corrected chi connectivity index (χ3v) is 7.48. The Morgan fingerprint density at radius 3 is 2.60 bits per heavy atom. The molecule has 1 saturated carbocycles. The van der Waals surface area contributed by atoms with E-state index in [9.17, 15) is 9.18 Å². The maximum absolute atomic E-state index is 14.2. The molecule has 3 aliphatic rings. The molecule has 8 heteroatoms. The molecule has 188 valence electrons. The highest BCUT2D eigenvalue weighted by molar-refractivity contribution is 5.97. The van der Waals surface area contributed by atoms with Crippen molar-refractivity contribution < 1.29 is 13.9 Å². The molecule has 1 amide bonds. The van der Waals surface area contributed by atoms with Crippen molar-refractivity contribution in [1.82, 2.24) is 19.8 Å². The molecule has 1 spiro atoms. The van der Waals surface area contributed by atoms with Crippen molar-refractivity contribution in [3.8, 4) is 11.5 Å². The number of likely N-dealkylation sites (tertiary alicyclic amines) is 1. The predicted molar refractivity (Wildman–Crippen MR) is 133 cm³/mol. The third kappa shape index (κ3) is 4.99. The van der Waals surface area contributed by atoms with Gasteiger partial charge in [0.15, 0.2) is 11.6 Å². The van der Waals surface area contributed by atoms with E-state index in [1.54, 1.807) is 11.1 Å². The van der Waals surface area contributed by atoms with Crippen LogP contribution in [0.3, 0.4) is 0 Å². The SMILES string of the molecule is CC(C)N(C(=O)c1cc(F)ccc1Oc1cncnc1N1CC2(CCN(CC3CC3)C2)C1)C(C)C. The molecule has 7 nitrogen and oxygen atoms in total. The molecule has 3 fully saturated rings. The van der Waals surface area contributed by atoms with Crippen LogP contribution >= 0.6 is 0 Å². The summed E-state index contributed by atoms with van der Waals surface area (Å²) in [5, 5.41) is 0. The molecule has 2 aromatic rings. The van der Waals surface area contributed by atoms with Gasteiger partial charge >= 0.3 is 0 Å². The minimum absolute atomic E-state index is 0.0302. The number of rotatable bonds is 8. The molecule has 2 saturated heterocycles. The Morgan fingerprint density at radius 2 is 1.91 bits per heavy atom. The number of ether oxygens (including phenoxy) is 1. The summed E-state index contributed by atoms with van der Waals surface area (Å²) in [5.41, 5.74) is 0.525. The van der Waals surface area contributed by atoms with Gasteiger partial charge in [0.2, 0.25) is 0 Å². The van der Waals surface area contributed by atoms with Gasteiger partial charge in [-0.1, -0.05) is 0 Å². The largest absolute Gasteiger partial charge is 0.451 e. The quantitative estimate of drug-likeness (QED) is 0.550. The monoisotopic (exact) mass is 481 g/mol. The second-order valence-electron chi connectivity index (χ2n) is 11.1. The van der Waals surface area contributed by atoms with Crippen molar-refractivity contribution in [2.75, 3.05) is 37.6 Å². The average molecular weight is 482 g/mol. The van der Waals surface area contributed by atoms with Crippen LogP contribution in [0.25, 0.3) is 0 Å². The van der Waals surface area contributed by atoms with Gasteiger partial charge < -0.3 is 19.4 Å². The Hall–Kier alpha value is -2.74. The number of halogens is 1. The topological polar surface area (TPSA) is 61.8 Å². The molecule has 0 unspecified atom stereocenters. The lowest BCUT2D eigenvalue weighted by atomic mass is 9.79. The van der Waals surface area contributed by atoms with E-state index in [0.717, 1.165) is 31.4 Å². The number of amides is 1. The van der Waals surface area contributed by atoms with Crippen molar-refractivity contribution in [3.63, 3.8) is 0 Å². The number of carbonyl (C=O) groups is 1. The van der Waals surface area contributed by atoms with Crippen molar-refractivity contribution in [3.05, 3.63) is 42.1 Å². The van der Waals surface area contributed by atoms with Gasteiger partial charge in [0, 0.05) is 43.7 Å². The molecular weight excluding hydrogens is 445 g/mol. The van der Waals surface area contributed by atoms with E-state index in [4.69, 9.17) is 4.74 Å². The molecule has 35 heavy (non-hydrogen) atoms. The van der Waals surface area contributed by atoms with E-state index >= 15 is 0 Å². The van der Waals surface area contributed by atoms with Crippen LogP contribution in [0.4, 0.5) is 10.2 Å². The van der Waals surface area contributed by atoms with Crippen LogP contribution in [0.1, 0.15) is 57.3 Å². The number of hydrogen-bond donors (Lipinski definition) is 0. The molecule has 0 bridgehead atoms. The summed E-state index contributed by atoms with van der Waals surface area (Å²) in [7, 11) is 0. The van der Waals surface area contributed by atoms with E-state index in [1.165, 1.54) is 56.9 Å². The van der Waals surface area contributed by atoms with Crippen LogP contribution in [-0.4, -0.2) is 70.5 Å². The highest BCUT2D eigenvalue weighted by Crippen LogP contribution is 2.45.